The fourth-order valence-electron chi connectivity index (χ4n) is 2.12. The second-order valence-electron chi connectivity index (χ2n) is 4.75. The summed E-state index contributed by atoms with van der Waals surface area (Å²) < 4.78 is 54.0. The summed E-state index contributed by atoms with van der Waals surface area (Å²) >= 11 is 0. The summed E-state index contributed by atoms with van der Waals surface area (Å²) in [4.78, 5) is 10.6. The predicted octanol–water partition coefficient (Wildman–Crippen LogP) is 0.0954. The molecule has 2 heterocycles. The molecule has 0 saturated carbocycles. The largest absolute Gasteiger partial charge is 0.475 e. The van der Waals surface area contributed by atoms with Gasteiger partial charge in [0.2, 0.25) is 15.8 Å². The van der Waals surface area contributed by atoms with Crippen molar-refractivity contribution in [1.29, 1.82) is 0 Å². The smallest absolute Gasteiger partial charge is 0.371 e. The Morgan fingerprint density at radius 2 is 2.00 bits per heavy atom. The van der Waals surface area contributed by atoms with E-state index in [4.69, 9.17) is 9.52 Å². The van der Waals surface area contributed by atoms with Gasteiger partial charge in [-0.05, 0) is 13.3 Å². The maximum atomic E-state index is 12.5. The van der Waals surface area contributed by atoms with Gasteiger partial charge in [-0.25, -0.2) is 21.6 Å². The van der Waals surface area contributed by atoms with Crippen molar-refractivity contribution >= 4 is 25.8 Å². The summed E-state index contributed by atoms with van der Waals surface area (Å²) in [5.41, 5.74) is 0. The molecule has 118 valence electrons. The third-order valence-electron chi connectivity index (χ3n) is 3.22. The first-order valence-electron chi connectivity index (χ1n) is 6.18. The lowest BCUT2D eigenvalue weighted by Gasteiger charge is -2.18. The topological polar surface area (TPSA) is 122 Å². The second-order valence-corrected chi connectivity index (χ2v) is 8.96. The minimum absolute atomic E-state index is 0.0282. The molecule has 1 aromatic rings. The van der Waals surface area contributed by atoms with Crippen LogP contribution in [-0.2, 0) is 19.9 Å². The molecule has 8 nitrogen and oxygen atoms in total. The molecule has 1 saturated heterocycles. The summed E-state index contributed by atoms with van der Waals surface area (Å²) in [7, 11) is -7.20. The SMILES string of the molecule is Cc1oc(C(=O)O)cc1S(=O)(=O)N1CCCS(=O)(=O)CC1. The molecule has 0 aromatic carbocycles. The number of nitrogens with zero attached hydrogens (tertiary/aromatic N) is 1. The molecule has 1 aliphatic heterocycles. The maximum absolute atomic E-state index is 12.5. The van der Waals surface area contributed by atoms with Gasteiger partial charge in [0.25, 0.3) is 0 Å². The second kappa shape index (κ2) is 5.43. The summed E-state index contributed by atoms with van der Waals surface area (Å²) in [6.07, 6.45) is 0.213. The van der Waals surface area contributed by atoms with Gasteiger partial charge in [0.1, 0.15) is 10.7 Å². The summed E-state index contributed by atoms with van der Waals surface area (Å²) in [5.74, 6) is -2.15. The first-order valence-corrected chi connectivity index (χ1v) is 9.44. The van der Waals surface area contributed by atoms with E-state index in [1.165, 1.54) is 6.92 Å². The van der Waals surface area contributed by atoms with Crippen molar-refractivity contribution in [3.63, 3.8) is 0 Å². The summed E-state index contributed by atoms with van der Waals surface area (Å²) in [6, 6.07) is 0.951. The number of rotatable bonds is 3. The summed E-state index contributed by atoms with van der Waals surface area (Å²) in [6.45, 7) is 1.29. The minimum Gasteiger partial charge on any atom is -0.475 e. The first kappa shape index (κ1) is 16.0. The lowest BCUT2D eigenvalue weighted by atomic mass is 10.4. The van der Waals surface area contributed by atoms with Crippen molar-refractivity contribution in [2.45, 2.75) is 18.2 Å². The lowest BCUT2D eigenvalue weighted by Crippen LogP contribution is -2.33. The highest BCUT2D eigenvalue weighted by Gasteiger charge is 2.32. The van der Waals surface area contributed by atoms with Gasteiger partial charge in [-0.15, -0.1) is 0 Å². The van der Waals surface area contributed by atoms with Gasteiger partial charge in [0.05, 0.1) is 11.5 Å². The van der Waals surface area contributed by atoms with Crippen molar-refractivity contribution in [3.05, 3.63) is 17.6 Å². The van der Waals surface area contributed by atoms with E-state index in [2.05, 4.69) is 0 Å². The zero-order valence-electron chi connectivity index (χ0n) is 11.3. The van der Waals surface area contributed by atoms with Crippen LogP contribution in [0.2, 0.25) is 0 Å². The molecule has 0 aliphatic carbocycles. The van der Waals surface area contributed by atoms with Crippen LogP contribution in [0.1, 0.15) is 22.7 Å². The first-order chi connectivity index (χ1) is 9.63. The van der Waals surface area contributed by atoms with Crippen LogP contribution in [0, 0.1) is 6.92 Å². The van der Waals surface area contributed by atoms with E-state index in [-0.39, 0.29) is 41.7 Å². The Morgan fingerprint density at radius 1 is 1.33 bits per heavy atom. The fraction of sp³-hybridized carbons (Fsp3) is 0.545. The Bertz CT molecular complexity index is 760. The van der Waals surface area contributed by atoms with E-state index in [1.54, 1.807) is 0 Å². The van der Waals surface area contributed by atoms with Gasteiger partial charge in [0, 0.05) is 19.2 Å². The molecule has 0 bridgehead atoms. The molecule has 10 heteroatoms. The Morgan fingerprint density at radius 3 is 2.57 bits per heavy atom. The molecular weight excluding hydrogens is 322 g/mol. The highest BCUT2D eigenvalue weighted by atomic mass is 32.2. The molecule has 1 aliphatic rings. The van der Waals surface area contributed by atoms with E-state index in [0.29, 0.717) is 0 Å². The normalized spacial score (nSPS) is 20.0. The number of hydrogen-bond donors (Lipinski definition) is 1. The molecular formula is C11H15NO7S2. The molecule has 0 unspecified atom stereocenters. The highest BCUT2D eigenvalue weighted by Crippen LogP contribution is 2.24. The molecule has 1 fully saturated rings. The van der Waals surface area contributed by atoms with Gasteiger partial charge in [-0.2, -0.15) is 4.31 Å². The van der Waals surface area contributed by atoms with Crippen molar-refractivity contribution in [2.24, 2.45) is 0 Å². The number of sulfone groups is 1. The summed E-state index contributed by atoms with van der Waals surface area (Å²) in [5, 5.41) is 8.83. The average Bonchev–Trinajstić information content (AvgIpc) is 2.66. The van der Waals surface area contributed by atoms with Gasteiger partial charge < -0.3 is 9.52 Å². The molecule has 0 spiro atoms. The standard InChI is InChI=1S/C11H15NO7S2/c1-8-10(7-9(19-8)11(13)14)21(17,18)12-3-2-5-20(15,16)6-4-12/h7H,2-6H2,1H3,(H,13,14). The van der Waals surface area contributed by atoms with E-state index < -0.39 is 31.6 Å². The number of carboxylic acid groups (broad SMARTS) is 1. The fourth-order valence-corrected chi connectivity index (χ4v) is 5.15. The monoisotopic (exact) mass is 337 g/mol. The van der Waals surface area contributed by atoms with Crippen LogP contribution >= 0.6 is 0 Å². The lowest BCUT2D eigenvalue weighted by molar-refractivity contribution is 0.0661. The molecule has 0 atom stereocenters. The Balaban J connectivity index is 2.36. The van der Waals surface area contributed by atoms with Crippen LogP contribution in [0.15, 0.2) is 15.4 Å². The highest BCUT2D eigenvalue weighted by molar-refractivity contribution is 7.91. The number of carbonyl (C=O) groups is 1. The number of aromatic carboxylic acids is 1. The Labute approximate surface area is 122 Å². The van der Waals surface area contributed by atoms with Crippen molar-refractivity contribution in [1.82, 2.24) is 4.31 Å². The molecule has 21 heavy (non-hydrogen) atoms. The van der Waals surface area contributed by atoms with Crippen molar-refractivity contribution in [3.8, 4) is 0 Å². The molecule has 2 rings (SSSR count). The third kappa shape index (κ3) is 3.27. The van der Waals surface area contributed by atoms with E-state index >= 15 is 0 Å². The molecule has 0 radical (unpaired) electrons. The molecule has 0 amide bonds. The maximum Gasteiger partial charge on any atom is 0.371 e. The number of aryl methyl sites for hydroxylation is 1. The number of hydrogen-bond acceptors (Lipinski definition) is 6. The van der Waals surface area contributed by atoms with Crippen LogP contribution in [0.5, 0.6) is 0 Å². The van der Waals surface area contributed by atoms with Gasteiger partial charge in [-0.3, -0.25) is 0 Å². The number of sulfonamides is 1. The van der Waals surface area contributed by atoms with E-state index in [9.17, 15) is 21.6 Å². The van der Waals surface area contributed by atoms with Crippen LogP contribution in [0.3, 0.4) is 0 Å². The van der Waals surface area contributed by atoms with E-state index in [0.717, 1.165) is 10.4 Å². The Hall–Kier alpha value is -1.39. The minimum atomic E-state index is -3.97. The van der Waals surface area contributed by atoms with Crippen LogP contribution in [0.4, 0.5) is 0 Å². The van der Waals surface area contributed by atoms with Gasteiger partial charge in [0.15, 0.2) is 9.84 Å². The number of carboxylic acids is 1. The average molecular weight is 337 g/mol. The molecule has 1 N–H and O–H groups in total. The quantitative estimate of drug-likeness (QED) is 0.829. The predicted molar refractivity (Wildman–Crippen MR) is 72.4 cm³/mol. The number of furan rings is 1. The third-order valence-corrected chi connectivity index (χ3v) is 6.94. The molecule has 1 aromatic heterocycles. The van der Waals surface area contributed by atoms with Crippen LogP contribution in [-0.4, -0.2) is 56.8 Å². The van der Waals surface area contributed by atoms with Crippen molar-refractivity contribution in [2.75, 3.05) is 24.6 Å². The van der Waals surface area contributed by atoms with Gasteiger partial charge in [-0.1, -0.05) is 0 Å². The zero-order valence-corrected chi connectivity index (χ0v) is 12.9. The van der Waals surface area contributed by atoms with Crippen LogP contribution < -0.4 is 0 Å². The Kier molecular flexibility index (Phi) is 4.13. The van der Waals surface area contributed by atoms with E-state index in [1.807, 2.05) is 0 Å². The zero-order chi connectivity index (χ0) is 15.8. The van der Waals surface area contributed by atoms with Crippen molar-refractivity contribution < 1.29 is 31.2 Å². The van der Waals surface area contributed by atoms with Crippen LogP contribution in [0.25, 0.3) is 0 Å². The van der Waals surface area contributed by atoms with Gasteiger partial charge >= 0.3 is 5.97 Å².